The fraction of sp³-hybridized carbons (Fsp3) is 0.350. The Bertz CT molecular complexity index is 891. The minimum atomic E-state index is -3.59. The van der Waals surface area contributed by atoms with Gasteiger partial charge in [0.15, 0.2) is 0 Å². The summed E-state index contributed by atoms with van der Waals surface area (Å²) < 4.78 is 31.7. The van der Waals surface area contributed by atoms with Gasteiger partial charge in [-0.25, -0.2) is 13.1 Å². The van der Waals surface area contributed by atoms with Crippen LogP contribution in [-0.2, 0) is 16.4 Å². The Kier molecular flexibility index (Phi) is 6.98. The van der Waals surface area contributed by atoms with Crippen molar-refractivity contribution in [1.82, 2.24) is 10.0 Å². The third kappa shape index (κ3) is 5.80. The number of hydrogen-bond donors (Lipinski definition) is 2. The summed E-state index contributed by atoms with van der Waals surface area (Å²) in [7, 11) is -2.25. The second-order valence-corrected chi connectivity index (χ2v) is 8.39. The van der Waals surface area contributed by atoms with E-state index >= 15 is 0 Å². The van der Waals surface area contributed by atoms with E-state index in [9.17, 15) is 13.2 Å². The van der Waals surface area contributed by atoms with E-state index in [2.05, 4.69) is 10.0 Å². The van der Waals surface area contributed by atoms with Crippen LogP contribution >= 0.6 is 0 Å². The summed E-state index contributed by atoms with van der Waals surface area (Å²) in [6.45, 7) is 6.17. The zero-order chi connectivity index (χ0) is 20.0. The van der Waals surface area contributed by atoms with Crippen molar-refractivity contribution in [1.29, 1.82) is 0 Å². The van der Waals surface area contributed by atoms with Gasteiger partial charge >= 0.3 is 0 Å². The molecule has 0 aliphatic carbocycles. The highest BCUT2D eigenvalue weighted by Crippen LogP contribution is 2.16. The molecule has 0 saturated carbocycles. The van der Waals surface area contributed by atoms with Crippen LogP contribution < -0.4 is 14.8 Å². The number of amides is 1. The molecule has 0 spiro atoms. The Morgan fingerprint density at radius 2 is 1.78 bits per heavy atom. The Balaban J connectivity index is 1.99. The topological polar surface area (TPSA) is 84.5 Å². The summed E-state index contributed by atoms with van der Waals surface area (Å²) in [5.74, 6) is 0.524. The van der Waals surface area contributed by atoms with Gasteiger partial charge < -0.3 is 10.1 Å². The minimum Gasteiger partial charge on any atom is -0.491 e. The fourth-order valence-corrected chi connectivity index (χ4v) is 3.31. The maximum atomic E-state index is 12.5. The molecule has 2 aromatic carbocycles. The van der Waals surface area contributed by atoms with Crippen LogP contribution in [0.4, 0.5) is 0 Å². The molecule has 0 aliphatic rings. The summed E-state index contributed by atoms with van der Waals surface area (Å²) in [5, 5.41) is 2.85. The van der Waals surface area contributed by atoms with Crippen molar-refractivity contribution in [2.45, 2.75) is 38.2 Å². The number of sulfonamides is 1. The minimum absolute atomic E-state index is 0.0708. The lowest BCUT2D eigenvalue weighted by atomic mass is 10.1. The number of carbonyl (C=O) groups is 1. The van der Waals surface area contributed by atoms with Crippen LogP contribution in [0.3, 0.4) is 0 Å². The summed E-state index contributed by atoms with van der Waals surface area (Å²) in [4.78, 5) is 12.5. The van der Waals surface area contributed by atoms with E-state index in [0.717, 1.165) is 16.9 Å². The molecule has 6 nitrogen and oxygen atoms in total. The number of rotatable bonds is 8. The molecule has 2 rings (SSSR count). The first kappa shape index (κ1) is 20.9. The summed E-state index contributed by atoms with van der Waals surface area (Å²) in [6.07, 6.45) is 0.794. The van der Waals surface area contributed by atoms with E-state index in [4.69, 9.17) is 4.74 Å². The molecular weight excluding hydrogens is 364 g/mol. The van der Waals surface area contributed by atoms with Crippen LogP contribution in [0.15, 0.2) is 47.4 Å². The van der Waals surface area contributed by atoms with E-state index in [1.807, 2.05) is 38.1 Å². The van der Waals surface area contributed by atoms with Crippen molar-refractivity contribution in [3.05, 3.63) is 59.2 Å². The zero-order valence-corrected chi connectivity index (χ0v) is 16.9. The van der Waals surface area contributed by atoms with Gasteiger partial charge in [-0.1, -0.05) is 18.2 Å². The van der Waals surface area contributed by atoms with Crippen molar-refractivity contribution in [2.24, 2.45) is 0 Å². The third-order valence-corrected chi connectivity index (χ3v) is 5.44. The maximum absolute atomic E-state index is 12.5. The lowest BCUT2D eigenvalue weighted by Gasteiger charge is -2.11. The molecule has 7 heteroatoms. The quantitative estimate of drug-likeness (QED) is 0.726. The van der Waals surface area contributed by atoms with Gasteiger partial charge in [0, 0.05) is 12.1 Å². The third-order valence-electron chi connectivity index (χ3n) is 4.03. The number of carbonyl (C=O) groups excluding carboxylic acids is 1. The predicted octanol–water partition coefficient (Wildman–Crippen LogP) is 2.66. The average molecular weight is 391 g/mol. The molecule has 2 N–H and O–H groups in total. The van der Waals surface area contributed by atoms with Crippen molar-refractivity contribution in [2.75, 3.05) is 13.6 Å². The van der Waals surface area contributed by atoms with Crippen molar-refractivity contribution < 1.29 is 17.9 Å². The Hall–Kier alpha value is -2.38. The van der Waals surface area contributed by atoms with E-state index in [0.29, 0.717) is 18.5 Å². The van der Waals surface area contributed by atoms with Gasteiger partial charge in [-0.3, -0.25) is 4.79 Å². The van der Waals surface area contributed by atoms with Crippen LogP contribution in [-0.4, -0.2) is 34.0 Å². The molecular formula is C20H26N2O4S. The molecule has 0 atom stereocenters. The van der Waals surface area contributed by atoms with Gasteiger partial charge in [0.2, 0.25) is 10.0 Å². The number of nitrogens with one attached hydrogen (secondary N) is 2. The Labute approximate surface area is 161 Å². The summed E-state index contributed by atoms with van der Waals surface area (Å²) in [6, 6.07) is 12.3. The molecule has 0 aromatic heterocycles. The van der Waals surface area contributed by atoms with Gasteiger partial charge in [0.25, 0.3) is 5.91 Å². The second-order valence-electron chi connectivity index (χ2n) is 6.50. The predicted molar refractivity (Wildman–Crippen MR) is 106 cm³/mol. The van der Waals surface area contributed by atoms with Crippen LogP contribution in [0, 0.1) is 6.92 Å². The highest BCUT2D eigenvalue weighted by atomic mass is 32.2. The van der Waals surface area contributed by atoms with E-state index in [1.165, 1.54) is 19.2 Å². The van der Waals surface area contributed by atoms with E-state index in [1.54, 1.807) is 13.0 Å². The average Bonchev–Trinajstić information content (AvgIpc) is 2.62. The van der Waals surface area contributed by atoms with Crippen molar-refractivity contribution in [3.63, 3.8) is 0 Å². The first-order valence-electron chi connectivity index (χ1n) is 8.81. The molecule has 146 valence electrons. The van der Waals surface area contributed by atoms with Crippen LogP contribution in [0.25, 0.3) is 0 Å². The molecule has 0 heterocycles. The van der Waals surface area contributed by atoms with E-state index < -0.39 is 10.0 Å². The Morgan fingerprint density at radius 1 is 1.11 bits per heavy atom. The first-order chi connectivity index (χ1) is 12.7. The fourth-order valence-electron chi connectivity index (χ4n) is 2.55. The molecule has 27 heavy (non-hydrogen) atoms. The van der Waals surface area contributed by atoms with Gasteiger partial charge in [-0.15, -0.1) is 0 Å². The lowest BCUT2D eigenvalue weighted by Crippen LogP contribution is -2.27. The van der Waals surface area contributed by atoms with Crippen LogP contribution in [0.1, 0.15) is 35.3 Å². The molecule has 0 saturated heterocycles. The molecule has 1 amide bonds. The molecule has 0 unspecified atom stereocenters. The van der Waals surface area contributed by atoms with Gasteiger partial charge in [0.05, 0.1) is 11.0 Å². The van der Waals surface area contributed by atoms with E-state index in [-0.39, 0.29) is 16.9 Å². The van der Waals surface area contributed by atoms with Gasteiger partial charge in [-0.05, 0) is 69.6 Å². The maximum Gasteiger partial charge on any atom is 0.251 e. The lowest BCUT2D eigenvalue weighted by molar-refractivity contribution is 0.0953. The standard InChI is InChI=1S/C20H26N2O4S/c1-14(2)26-17-8-6-16(7-9-17)11-12-22-20(23)19-13-18(10-5-15(19)3)27(24,25)21-4/h5-10,13-14,21H,11-12H2,1-4H3,(H,22,23). The summed E-state index contributed by atoms with van der Waals surface area (Å²) in [5.41, 5.74) is 2.15. The first-order valence-corrected chi connectivity index (χ1v) is 10.3. The zero-order valence-electron chi connectivity index (χ0n) is 16.1. The number of aryl methyl sites for hydroxylation is 1. The molecule has 0 radical (unpaired) electrons. The van der Waals surface area contributed by atoms with Crippen LogP contribution in [0.5, 0.6) is 5.75 Å². The molecule has 0 fully saturated rings. The molecule has 2 aromatic rings. The van der Waals surface area contributed by atoms with Gasteiger partial charge in [-0.2, -0.15) is 0 Å². The number of ether oxygens (including phenoxy) is 1. The smallest absolute Gasteiger partial charge is 0.251 e. The SMILES string of the molecule is CNS(=O)(=O)c1ccc(C)c(C(=O)NCCc2ccc(OC(C)C)cc2)c1. The molecule has 0 aliphatic heterocycles. The second kappa shape index (κ2) is 9.01. The highest BCUT2D eigenvalue weighted by Gasteiger charge is 2.16. The normalized spacial score (nSPS) is 11.4. The number of hydrogen-bond acceptors (Lipinski definition) is 4. The van der Waals surface area contributed by atoms with Gasteiger partial charge in [0.1, 0.15) is 5.75 Å². The van der Waals surface area contributed by atoms with Crippen molar-refractivity contribution in [3.8, 4) is 5.75 Å². The van der Waals surface area contributed by atoms with Crippen molar-refractivity contribution >= 4 is 15.9 Å². The number of benzene rings is 2. The largest absolute Gasteiger partial charge is 0.491 e. The monoisotopic (exact) mass is 390 g/mol. The summed E-state index contributed by atoms with van der Waals surface area (Å²) >= 11 is 0. The highest BCUT2D eigenvalue weighted by molar-refractivity contribution is 7.89. The van der Waals surface area contributed by atoms with Crippen LogP contribution in [0.2, 0.25) is 0 Å². The Morgan fingerprint density at radius 3 is 2.37 bits per heavy atom. The molecule has 0 bridgehead atoms.